The SMILES string of the molecule is CCCOc1ccccc1OCC(=O)Nc1nc(-c2ccc(NC(C)=O)cc2)cs1. The Morgan fingerprint density at radius 1 is 1.00 bits per heavy atom. The van der Waals surface area contributed by atoms with Gasteiger partial charge in [-0.15, -0.1) is 11.3 Å². The number of para-hydroxylation sites is 2. The Balaban J connectivity index is 1.56. The lowest BCUT2D eigenvalue weighted by Gasteiger charge is -2.11. The number of hydrogen-bond donors (Lipinski definition) is 2. The lowest BCUT2D eigenvalue weighted by atomic mass is 10.1. The molecule has 30 heavy (non-hydrogen) atoms. The van der Waals surface area contributed by atoms with Gasteiger partial charge in [-0.1, -0.05) is 31.2 Å². The minimum absolute atomic E-state index is 0.122. The van der Waals surface area contributed by atoms with Crippen LogP contribution in [0, 0.1) is 0 Å². The van der Waals surface area contributed by atoms with Gasteiger partial charge >= 0.3 is 0 Å². The zero-order valence-corrected chi connectivity index (χ0v) is 17.6. The fraction of sp³-hybridized carbons (Fsp3) is 0.227. The van der Waals surface area contributed by atoms with E-state index in [1.165, 1.54) is 18.3 Å². The Morgan fingerprint density at radius 3 is 2.37 bits per heavy atom. The zero-order valence-electron chi connectivity index (χ0n) is 16.8. The summed E-state index contributed by atoms with van der Waals surface area (Å²) in [5.41, 5.74) is 2.35. The molecule has 3 aromatic rings. The molecule has 0 fully saturated rings. The van der Waals surface area contributed by atoms with Gasteiger partial charge in [-0.2, -0.15) is 0 Å². The van der Waals surface area contributed by atoms with Gasteiger partial charge in [-0.05, 0) is 30.7 Å². The van der Waals surface area contributed by atoms with E-state index in [-0.39, 0.29) is 18.4 Å². The maximum absolute atomic E-state index is 12.3. The highest BCUT2D eigenvalue weighted by atomic mass is 32.1. The molecule has 0 aliphatic heterocycles. The first-order valence-corrected chi connectivity index (χ1v) is 10.4. The highest BCUT2D eigenvalue weighted by molar-refractivity contribution is 7.14. The van der Waals surface area contributed by atoms with Crippen molar-refractivity contribution in [3.05, 3.63) is 53.9 Å². The molecule has 0 bridgehead atoms. The van der Waals surface area contributed by atoms with Gasteiger partial charge in [0.2, 0.25) is 5.91 Å². The molecular formula is C22H23N3O4S. The van der Waals surface area contributed by atoms with Crippen LogP contribution in [-0.4, -0.2) is 30.0 Å². The van der Waals surface area contributed by atoms with Crippen molar-refractivity contribution in [2.24, 2.45) is 0 Å². The predicted molar refractivity (Wildman–Crippen MR) is 118 cm³/mol. The molecule has 2 N–H and O–H groups in total. The summed E-state index contributed by atoms with van der Waals surface area (Å²) in [5.74, 6) is 0.719. The average molecular weight is 426 g/mol. The van der Waals surface area contributed by atoms with Crippen LogP contribution in [0.5, 0.6) is 11.5 Å². The monoisotopic (exact) mass is 425 g/mol. The summed E-state index contributed by atoms with van der Waals surface area (Å²) in [4.78, 5) is 27.8. The molecule has 8 heteroatoms. The van der Waals surface area contributed by atoms with Crippen molar-refractivity contribution < 1.29 is 19.1 Å². The van der Waals surface area contributed by atoms with Gasteiger partial charge in [0.15, 0.2) is 23.2 Å². The summed E-state index contributed by atoms with van der Waals surface area (Å²) < 4.78 is 11.2. The summed E-state index contributed by atoms with van der Waals surface area (Å²) in [6, 6.07) is 14.6. The number of aromatic nitrogens is 1. The maximum atomic E-state index is 12.3. The van der Waals surface area contributed by atoms with Crippen LogP contribution in [0.2, 0.25) is 0 Å². The maximum Gasteiger partial charge on any atom is 0.264 e. The first-order chi connectivity index (χ1) is 14.5. The van der Waals surface area contributed by atoms with E-state index in [0.29, 0.717) is 23.2 Å². The second-order valence-corrected chi connectivity index (χ2v) is 7.29. The smallest absolute Gasteiger partial charge is 0.264 e. The minimum atomic E-state index is -0.304. The largest absolute Gasteiger partial charge is 0.490 e. The van der Waals surface area contributed by atoms with Gasteiger partial charge in [-0.25, -0.2) is 4.98 Å². The highest BCUT2D eigenvalue weighted by Crippen LogP contribution is 2.28. The standard InChI is InChI=1S/C22H23N3O4S/c1-3-12-28-19-6-4-5-7-20(19)29-13-21(27)25-22-24-18(14-30-22)16-8-10-17(11-9-16)23-15(2)26/h4-11,14H,3,12-13H2,1-2H3,(H,23,26)(H,24,25,27). The van der Waals surface area contributed by atoms with Crippen molar-refractivity contribution in [1.29, 1.82) is 0 Å². The van der Waals surface area contributed by atoms with Crippen LogP contribution in [0.15, 0.2) is 53.9 Å². The van der Waals surface area contributed by atoms with E-state index in [4.69, 9.17) is 9.47 Å². The lowest BCUT2D eigenvalue weighted by molar-refractivity contribution is -0.118. The number of nitrogens with zero attached hydrogens (tertiary/aromatic N) is 1. The van der Waals surface area contributed by atoms with Crippen molar-refractivity contribution in [1.82, 2.24) is 4.98 Å². The third kappa shape index (κ3) is 6.05. The third-order valence-electron chi connectivity index (χ3n) is 3.92. The van der Waals surface area contributed by atoms with E-state index in [1.54, 1.807) is 18.2 Å². The summed E-state index contributed by atoms with van der Waals surface area (Å²) >= 11 is 1.33. The molecule has 1 aromatic heterocycles. The van der Waals surface area contributed by atoms with E-state index >= 15 is 0 Å². The number of hydrogen-bond acceptors (Lipinski definition) is 6. The molecule has 1 heterocycles. The Morgan fingerprint density at radius 2 is 1.70 bits per heavy atom. The number of thiazole rings is 1. The molecule has 0 aliphatic rings. The van der Waals surface area contributed by atoms with E-state index < -0.39 is 0 Å². The van der Waals surface area contributed by atoms with Gasteiger partial charge in [0.25, 0.3) is 5.91 Å². The fourth-order valence-corrected chi connectivity index (χ4v) is 3.33. The Labute approximate surface area is 179 Å². The van der Waals surface area contributed by atoms with E-state index in [9.17, 15) is 9.59 Å². The molecule has 0 spiro atoms. The number of carbonyl (C=O) groups is 2. The molecule has 2 aromatic carbocycles. The number of ether oxygens (including phenoxy) is 2. The van der Waals surface area contributed by atoms with Gasteiger partial charge in [0.1, 0.15) is 0 Å². The molecule has 0 saturated heterocycles. The van der Waals surface area contributed by atoms with E-state index in [2.05, 4.69) is 15.6 Å². The fourth-order valence-electron chi connectivity index (χ4n) is 2.59. The van der Waals surface area contributed by atoms with E-state index in [1.807, 2.05) is 42.6 Å². The van der Waals surface area contributed by atoms with Crippen LogP contribution in [0.3, 0.4) is 0 Å². The lowest BCUT2D eigenvalue weighted by Crippen LogP contribution is -2.20. The second-order valence-electron chi connectivity index (χ2n) is 6.43. The van der Waals surface area contributed by atoms with Gasteiger partial charge in [-0.3, -0.25) is 14.9 Å². The third-order valence-corrected chi connectivity index (χ3v) is 4.68. The van der Waals surface area contributed by atoms with Crippen LogP contribution < -0.4 is 20.1 Å². The summed E-state index contributed by atoms with van der Waals surface area (Å²) in [7, 11) is 0. The molecule has 0 atom stereocenters. The number of nitrogens with one attached hydrogen (secondary N) is 2. The zero-order chi connectivity index (χ0) is 21.3. The summed E-state index contributed by atoms with van der Waals surface area (Å²) in [6.07, 6.45) is 0.886. The number of benzene rings is 2. The molecule has 0 unspecified atom stereocenters. The van der Waals surface area contributed by atoms with Crippen LogP contribution in [-0.2, 0) is 9.59 Å². The molecule has 7 nitrogen and oxygen atoms in total. The highest BCUT2D eigenvalue weighted by Gasteiger charge is 2.11. The Hall–Kier alpha value is -3.39. The Kier molecular flexibility index (Phi) is 7.40. The number of carbonyl (C=O) groups excluding carboxylic acids is 2. The number of amides is 2. The van der Waals surface area contributed by atoms with Crippen LogP contribution in [0.25, 0.3) is 11.3 Å². The average Bonchev–Trinajstić information content (AvgIpc) is 3.19. The van der Waals surface area contributed by atoms with Crippen molar-refractivity contribution in [3.63, 3.8) is 0 Å². The molecule has 0 saturated carbocycles. The molecule has 156 valence electrons. The van der Waals surface area contributed by atoms with Crippen LogP contribution >= 0.6 is 11.3 Å². The molecule has 0 aliphatic carbocycles. The van der Waals surface area contributed by atoms with Gasteiger partial charge < -0.3 is 14.8 Å². The van der Waals surface area contributed by atoms with Crippen LogP contribution in [0.4, 0.5) is 10.8 Å². The van der Waals surface area contributed by atoms with Crippen LogP contribution in [0.1, 0.15) is 20.3 Å². The quantitative estimate of drug-likeness (QED) is 0.524. The first kappa shape index (κ1) is 21.3. The molecule has 0 radical (unpaired) electrons. The first-order valence-electron chi connectivity index (χ1n) is 9.53. The predicted octanol–water partition coefficient (Wildman–Crippen LogP) is 4.57. The van der Waals surface area contributed by atoms with Crippen molar-refractivity contribution in [2.75, 3.05) is 23.8 Å². The van der Waals surface area contributed by atoms with Gasteiger partial charge in [0, 0.05) is 23.6 Å². The van der Waals surface area contributed by atoms with Gasteiger partial charge in [0.05, 0.1) is 12.3 Å². The topological polar surface area (TPSA) is 89.6 Å². The normalized spacial score (nSPS) is 10.3. The summed E-state index contributed by atoms with van der Waals surface area (Å²) in [5, 5.41) is 7.81. The summed E-state index contributed by atoms with van der Waals surface area (Å²) in [6.45, 7) is 3.92. The van der Waals surface area contributed by atoms with E-state index in [0.717, 1.165) is 23.4 Å². The second kappa shape index (κ2) is 10.4. The Bertz CT molecular complexity index is 1000. The molecular weight excluding hydrogens is 402 g/mol. The minimum Gasteiger partial charge on any atom is -0.490 e. The van der Waals surface area contributed by atoms with Crippen molar-refractivity contribution in [3.8, 4) is 22.8 Å². The number of anilines is 2. The van der Waals surface area contributed by atoms with Crippen molar-refractivity contribution >= 4 is 34.0 Å². The molecule has 3 rings (SSSR count). The number of rotatable bonds is 9. The van der Waals surface area contributed by atoms with Crippen molar-refractivity contribution in [2.45, 2.75) is 20.3 Å². The molecule has 2 amide bonds.